The molecule has 1 unspecified atom stereocenters. The van der Waals surface area contributed by atoms with Crippen molar-refractivity contribution in [2.24, 2.45) is 0 Å². The number of benzene rings is 2. The quantitative estimate of drug-likeness (QED) is 0.597. The van der Waals surface area contributed by atoms with Gasteiger partial charge in [-0.2, -0.15) is 0 Å². The number of urea groups is 1. The van der Waals surface area contributed by atoms with E-state index in [1.165, 1.54) is 0 Å². The number of nitrogens with one attached hydrogen (secondary N) is 4. The minimum absolute atomic E-state index is 0.187. The van der Waals surface area contributed by atoms with E-state index in [1.807, 2.05) is 0 Å². The molecule has 0 radical (unpaired) electrons. The fourth-order valence-electron chi connectivity index (χ4n) is 2.44. The van der Waals surface area contributed by atoms with Crippen molar-refractivity contribution >= 4 is 40.8 Å². The van der Waals surface area contributed by atoms with Crippen LogP contribution >= 0.6 is 11.6 Å². The van der Waals surface area contributed by atoms with Crippen LogP contribution in [-0.2, 0) is 4.79 Å². The topological polar surface area (TPSA) is 99.3 Å². The minimum atomic E-state index is -0.598. The molecule has 2 aromatic rings. The summed E-state index contributed by atoms with van der Waals surface area (Å²) >= 11 is 5.82. The highest BCUT2D eigenvalue weighted by Crippen LogP contribution is 2.18. The largest absolute Gasteiger partial charge is 0.374 e. The summed E-state index contributed by atoms with van der Waals surface area (Å²) in [5.41, 5.74) is 1.81. The van der Waals surface area contributed by atoms with Gasteiger partial charge in [-0.3, -0.25) is 14.9 Å². The predicted molar refractivity (Wildman–Crippen MR) is 109 cm³/mol. The summed E-state index contributed by atoms with van der Waals surface area (Å²) < 4.78 is 0. The first-order valence-electron chi connectivity index (χ1n) is 8.95. The van der Waals surface area contributed by atoms with Crippen molar-refractivity contribution < 1.29 is 14.4 Å². The van der Waals surface area contributed by atoms with E-state index < -0.39 is 18.0 Å². The SMILES string of the molecule is CC(Nc1ccc(NC(=O)c2ccc(Cl)cc2)cc1)C(=O)NC(=O)NC1CC1. The van der Waals surface area contributed by atoms with Crippen molar-refractivity contribution in [3.05, 3.63) is 59.1 Å². The summed E-state index contributed by atoms with van der Waals surface area (Å²) in [5.74, 6) is -0.662. The Morgan fingerprint density at radius 2 is 1.57 bits per heavy atom. The van der Waals surface area contributed by atoms with E-state index in [0.717, 1.165) is 12.8 Å². The monoisotopic (exact) mass is 400 g/mol. The van der Waals surface area contributed by atoms with Crippen molar-refractivity contribution in [3.8, 4) is 0 Å². The van der Waals surface area contributed by atoms with Gasteiger partial charge < -0.3 is 16.0 Å². The Bertz CT molecular complexity index is 864. The van der Waals surface area contributed by atoms with Crippen LogP contribution < -0.4 is 21.3 Å². The molecular weight excluding hydrogens is 380 g/mol. The van der Waals surface area contributed by atoms with Crippen LogP contribution in [0, 0.1) is 0 Å². The van der Waals surface area contributed by atoms with Crippen LogP contribution in [-0.4, -0.2) is 29.9 Å². The predicted octanol–water partition coefficient (Wildman–Crippen LogP) is 3.38. The Labute approximate surface area is 167 Å². The van der Waals surface area contributed by atoms with Crippen LogP contribution in [0.1, 0.15) is 30.1 Å². The Kier molecular flexibility index (Phi) is 6.16. The molecule has 4 amide bonds. The molecule has 0 saturated heterocycles. The van der Waals surface area contributed by atoms with Gasteiger partial charge in [-0.05, 0) is 68.3 Å². The average Bonchev–Trinajstić information content (AvgIpc) is 3.47. The lowest BCUT2D eigenvalue weighted by Gasteiger charge is -2.15. The second kappa shape index (κ2) is 8.75. The van der Waals surface area contributed by atoms with Gasteiger partial charge in [-0.15, -0.1) is 0 Å². The maximum absolute atomic E-state index is 12.2. The van der Waals surface area contributed by atoms with Crippen LogP contribution in [0.3, 0.4) is 0 Å². The van der Waals surface area contributed by atoms with Crippen molar-refractivity contribution in [1.29, 1.82) is 0 Å². The molecule has 1 atom stereocenters. The maximum atomic E-state index is 12.2. The molecule has 146 valence electrons. The lowest BCUT2D eigenvalue weighted by Crippen LogP contribution is -2.46. The Morgan fingerprint density at radius 1 is 0.964 bits per heavy atom. The molecule has 0 spiro atoms. The first kappa shape index (κ1) is 19.7. The lowest BCUT2D eigenvalue weighted by molar-refractivity contribution is -0.120. The Morgan fingerprint density at radius 3 is 2.18 bits per heavy atom. The second-order valence-corrected chi connectivity index (χ2v) is 7.08. The van der Waals surface area contributed by atoms with Gasteiger partial charge in [0.05, 0.1) is 0 Å². The van der Waals surface area contributed by atoms with Crippen LogP contribution in [0.2, 0.25) is 5.02 Å². The number of halogens is 1. The van der Waals surface area contributed by atoms with Crippen molar-refractivity contribution in [2.75, 3.05) is 10.6 Å². The summed E-state index contributed by atoms with van der Waals surface area (Å²) in [4.78, 5) is 35.9. The maximum Gasteiger partial charge on any atom is 0.321 e. The smallest absolute Gasteiger partial charge is 0.321 e. The second-order valence-electron chi connectivity index (χ2n) is 6.64. The van der Waals surface area contributed by atoms with Gasteiger partial charge in [-0.1, -0.05) is 11.6 Å². The van der Waals surface area contributed by atoms with Crippen LogP contribution in [0.15, 0.2) is 48.5 Å². The van der Waals surface area contributed by atoms with E-state index in [1.54, 1.807) is 55.5 Å². The van der Waals surface area contributed by atoms with Gasteiger partial charge >= 0.3 is 6.03 Å². The third-order valence-corrected chi connectivity index (χ3v) is 4.43. The summed E-state index contributed by atoms with van der Waals surface area (Å²) in [6.07, 6.45) is 1.91. The van der Waals surface area contributed by atoms with E-state index in [0.29, 0.717) is 22.0 Å². The molecule has 1 fully saturated rings. The number of hydrogen-bond acceptors (Lipinski definition) is 4. The first-order valence-corrected chi connectivity index (χ1v) is 9.33. The highest BCUT2D eigenvalue weighted by Gasteiger charge is 2.24. The number of hydrogen-bond donors (Lipinski definition) is 4. The summed E-state index contributed by atoms with van der Waals surface area (Å²) in [5, 5.41) is 11.4. The van der Waals surface area contributed by atoms with Gasteiger partial charge in [0.1, 0.15) is 6.04 Å². The zero-order valence-electron chi connectivity index (χ0n) is 15.3. The lowest BCUT2D eigenvalue weighted by atomic mass is 10.2. The van der Waals surface area contributed by atoms with Gasteiger partial charge in [0.2, 0.25) is 5.91 Å². The summed E-state index contributed by atoms with van der Waals surface area (Å²) in [7, 11) is 0. The van der Waals surface area contributed by atoms with Crippen molar-refractivity contribution in [3.63, 3.8) is 0 Å². The number of carbonyl (C=O) groups excluding carboxylic acids is 3. The van der Waals surface area contributed by atoms with E-state index >= 15 is 0 Å². The Balaban J connectivity index is 1.50. The third kappa shape index (κ3) is 5.72. The molecule has 0 heterocycles. The van der Waals surface area contributed by atoms with Crippen LogP contribution in [0.25, 0.3) is 0 Å². The Hall–Kier alpha value is -3.06. The van der Waals surface area contributed by atoms with E-state index in [4.69, 9.17) is 11.6 Å². The fourth-order valence-corrected chi connectivity index (χ4v) is 2.57. The van der Waals surface area contributed by atoms with Crippen LogP contribution in [0.4, 0.5) is 16.2 Å². The van der Waals surface area contributed by atoms with Gasteiger partial charge in [0.25, 0.3) is 5.91 Å². The zero-order chi connectivity index (χ0) is 20.1. The molecule has 0 aliphatic heterocycles. The summed E-state index contributed by atoms with van der Waals surface area (Å²) in [6, 6.07) is 12.6. The van der Waals surface area contributed by atoms with Crippen molar-refractivity contribution in [2.45, 2.75) is 31.8 Å². The molecular formula is C20H21ClN4O3. The zero-order valence-corrected chi connectivity index (χ0v) is 16.0. The molecule has 7 nitrogen and oxygen atoms in total. The highest BCUT2D eigenvalue weighted by molar-refractivity contribution is 6.30. The number of rotatable bonds is 6. The number of anilines is 2. The molecule has 0 bridgehead atoms. The van der Waals surface area contributed by atoms with Crippen LogP contribution in [0.5, 0.6) is 0 Å². The first-order chi connectivity index (χ1) is 13.4. The molecule has 8 heteroatoms. The van der Waals surface area contributed by atoms with E-state index in [2.05, 4.69) is 21.3 Å². The third-order valence-electron chi connectivity index (χ3n) is 4.17. The minimum Gasteiger partial charge on any atom is -0.374 e. The number of carbonyl (C=O) groups is 3. The number of amides is 4. The van der Waals surface area contributed by atoms with Crippen molar-refractivity contribution in [1.82, 2.24) is 10.6 Å². The van der Waals surface area contributed by atoms with Gasteiger partial charge in [0, 0.05) is 28.0 Å². The molecule has 1 aliphatic carbocycles. The molecule has 1 aliphatic rings. The summed E-state index contributed by atoms with van der Waals surface area (Å²) in [6.45, 7) is 1.66. The molecule has 28 heavy (non-hydrogen) atoms. The fraction of sp³-hybridized carbons (Fsp3) is 0.250. The molecule has 4 N–H and O–H groups in total. The normalized spacial score (nSPS) is 13.9. The van der Waals surface area contributed by atoms with E-state index in [9.17, 15) is 14.4 Å². The molecule has 3 rings (SSSR count). The standard InChI is InChI=1S/C20H21ClN4O3/c1-12(18(26)25-20(28)24-17-10-11-17)22-15-6-8-16(9-7-15)23-19(27)13-2-4-14(21)5-3-13/h2-9,12,17,22H,10-11H2,1H3,(H,23,27)(H2,24,25,26,28). The van der Waals surface area contributed by atoms with Gasteiger partial charge in [0.15, 0.2) is 0 Å². The molecule has 0 aromatic heterocycles. The van der Waals surface area contributed by atoms with E-state index in [-0.39, 0.29) is 11.9 Å². The molecule has 2 aromatic carbocycles. The average molecular weight is 401 g/mol. The number of imide groups is 1. The van der Waals surface area contributed by atoms with Gasteiger partial charge in [-0.25, -0.2) is 4.79 Å². The highest BCUT2D eigenvalue weighted by atomic mass is 35.5. The molecule has 1 saturated carbocycles.